The Labute approximate surface area is 131 Å². The molecule has 0 N–H and O–H groups in total. The first-order chi connectivity index (χ1) is 10.7. The number of benzene rings is 1. The van der Waals surface area contributed by atoms with E-state index >= 15 is 0 Å². The minimum Gasteiger partial charge on any atom is -0.471 e. The number of carbonyl (C=O) groups excluding carboxylic acids is 1. The number of ketones is 1. The van der Waals surface area contributed by atoms with Crippen molar-refractivity contribution >= 4 is 5.78 Å². The van der Waals surface area contributed by atoms with Crippen molar-refractivity contribution in [3.8, 4) is 17.1 Å². The number of halogens is 3. The molecule has 1 aromatic carbocycles. The van der Waals surface area contributed by atoms with Gasteiger partial charge in [-0.1, -0.05) is 18.2 Å². The lowest BCUT2D eigenvalue weighted by Crippen LogP contribution is -2.36. The largest absolute Gasteiger partial charge is 0.471 e. The molecule has 3 nitrogen and oxygen atoms in total. The molecule has 23 heavy (non-hydrogen) atoms. The van der Waals surface area contributed by atoms with Crippen LogP contribution >= 0.6 is 0 Å². The van der Waals surface area contributed by atoms with Crippen molar-refractivity contribution in [3.63, 3.8) is 0 Å². The minimum atomic E-state index is -4.48. The van der Waals surface area contributed by atoms with E-state index in [0.717, 1.165) is 6.07 Å². The van der Waals surface area contributed by atoms with E-state index in [-0.39, 0.29) is 29.3 Å². The number of nitrogens with zero attached hydrogens (tertiary/aromatic N) is 1. The molecule has 3 rings (SSSR count). The maximum atomic E-state index is 13.1. The van der Waals surface area contributed by atoms with E-state index in [1.807, 2.05) is 0 Å². The number of carbonyl (C=O) groups is 1. The third-order valence-corrected chi connectivity index (χ3v) is 3.63. The Balaban J connectivity index is 2.13. The highest BCUT2D eigenvalue weighted by Crippen LogP contribution is 2.38. The van der Waals surface area contributed by atoms with E-state index in [0.29, 0.717) is 5.56 Å². The highest BCUT2D eigenvalue weighted by Gasteiger charge is 2.36. The normalized spacial score (nSPS) is 16.7. The molecule has 0 spiro atoms. The van der Waals surface area contributed by atoms with Gasteiger partial charge in [-0.15, -0.1) is 0 Å². The molecule has 0 atom stereocenters. The van der Waals surface area contributed by atoms with Crippen LogP contribution in [0.1, 0.15) is 36.2 Å². The number of pyridine rings is 1. The van der Waals surface area contributed by atoms with Crippen molar-refractivity contribution in [1.82, 2.24) is 4.98 Å². The molecule has 0 saturated carbocycles. The number of ether oxygens (including phenoxy) is 1. The topological polar surface area (TPSA) is 39.2 Å². The SMILES string of the molecule is CC1(C)CC(=O)c2ccc(-c3ccccc3C(F)(F)F)nc2O1. The molecule has 1 aromatic heterocycles. The Morgan fingerprint density at radius 2 is 1.78 bits per heavy atom. The number of hydrogen-bond acceptors (Lipinski definition) is 3. The first-order valence-electron chi connectivity index (χ1n) is 7.07. The van der Waals surface area contributed by atoms with Crippen molar-refractivity contribution in [3.05, 3.63) is 47.5 Å². The second kappa shape index (κ2) is 5.08. The van der Waals surface area contributed by atoms with Gasteiger partial charge in [0.15, 0.2) is 5.78 Å². The van der Waals surface area contributed by atoms with Crippen LogP contribution in [0.15, 0.2) is 36.4 Å². The molecular formula is C17H14F3NO2. The fourth-order valence-corrected chi connectivity index (χ4v) is 2.61. The zero-order chi connectivity index (χ0) is 16.8. The smallest absolute Gasteiger partial charge is 0.417 e. The number of fused-ring (bicyclic) bond motifs is 1. The molecule has 120 valence electrons. The predicted molar refractivity (Wildman–Crippen MR) is 78.3 cm³/mol. The lowest BCUT2D eigenvalue weighted by atomic mass is 9.94. The molecule has 6 heteroatoms. The zero-order valence-corrected chi connectivity index (χ0v) is 12.6. The lowest BCUT2D eigenvalue weighted by molar-refractivity contribution is -0.137. The fraction of sp³-hybridized carbons (Fsp3) is 0.294. The number of aromatic nitrogens is 1. The van der Waals surface area contributed by atoms with Gasteiger partial charge in [0, 0.05) is 5.56 Å². The average Bonchev–Trinajstić information content (AvgIpc) is 2.44. The Morgan fingerprint density at radius 3 is 2.48 bits per heavy atom. The molecule has 2 aromatic rings. The Bertz CT molecular complexity index is 782. The van der Waals surface area contributed by atoms with Gasteiger partial charge < -0.3 is 4.74 Å². The summed E-state index contributed by atoms with van der Waals surface area (Å²) in [5.41, 5.74) is -1.10. The van der Waals surface area contributed by atoms with E-state index in [1.165, 1.54) is 30.3 Å². The van der Waals surface area contributed by atoms with E-state index in [9.17, 15) is 18.0 Å². The van der Waals surface area contributed by atoms with E-state index in [2.05, 4.69) is 4.98 Å². The van der Waals surface area contributed by atoms with E-state index in [1.54, 1.807) is 13.8 Å². The molecule has 0 amide bonds. The van der Waals surface area contributed by atoms with Crippen LogP contribution in [-0.2, 0) is 6.18 Å². The summed E-state index contributed by atoms with van der Waals surface area (Å²) >= 11 is 0. The van der Waals surface area contributed by atoms with E-state index < -0.39 is 17.3 Å². The lowest BCUT2D eigenvalue weighted by Gasteiger charge is -2.30. The summed E-state index contributed by atoms with van der Waals surface area (Å²) in [6, 6.07) is 8.10. The van der Waals surface area contributed by atoms with Gasteiger partial charge in [-0.05, 0) is 32.0 Å². The quantitative estimate of drug-likeness (QED) is 0.775. The standard InChI is InChI=1S/C17H14F3NO2/c1-16(2)9-14(22)11-7-8-13(21-15(11)23-16)10-5-3-4-6-12(10)17(18,19)20/h3-8H,9H2,1-2H3. The Morgan fingerprint density at radius 1 is 1.09 bits per heavy atom. The van der Waals surface area contributed by atoms with Crippen LogP contribution in [0.5, 0.6) is 5.88 Å². The van der Waals surface area contributed by atoms with Crippen LogP contribution in [0, 0.1) is 0 Å². The molecule has 1 aliphatic rings. The van der Waals surface area contributed by atoms with Gasteiger partial charge in [0.05, 0.1) is 23.2 Å². The highest BCUT2D eigenvalue weighted by molar-refractivity contribution is 6.00. The number of rotatable bonds is 1. The predicted octanol–water partition coefficient (Wildman–Crippen LogP) is 4.51. The third kappa shape index (κ3) is 2.93. The monoisotopic (exact) mass is 321 g/mol. The maximum Gasteiger partial charge on any atom is 0.417 e. The highest BCUT2D eigenvalue weighted by atomic mass is 19.4. The second-order valence-corrected chi connectivity index (χ2v) is 6.05. The van der Waals surface area contributed by atoms with Crippen molar-refractivity contribution in [1.29, 1.82) is 0 Å². The summed E-state index contributed by atoms with van der Waals surface area (Å²) < 4.78 is 45.1. The van der Waals surface area contributed by atoms with Crippen LogP contribution in [0.4, 0.5) is 13.2 Å². The molecule has 0 bridgehead atoms. The number of alkyl halides is 3. The fourth-order valence-electron chi connectivity index (χ4n) is 2.61. The summed E-state index contributed by atoms with van der Waals surface area (Å²) in [5.74, 6) is -0.0415. The third-order valence-electron chi connectivity index (χ3n) is 3.63. The van der Waals surface area contributed by atoms with Gasteiger partial charge >= 0.3 is 6.18 Å². The summed E-state index contributed by atoms with van der Waals surface area (Å²) in [7, 11) is 0. The summed E-state index contributed by atoms with van der Waals surface area (Å²) in [6.45, 7) is 3.48. The Hall–Kier alpha value is -2.37. The molecule has 0 saturated heterocycles. The van der Waals surface area contributed by atoms with Gasteiger partial charge in [-0.2, -0.15) is 13.2 Å². The van der Waals surface area contributed by atoms with Crippen LogP contribution in [0.3, 0.4) is 0 Å². The zero-order valence-electron chi connectivity index (χ0n) is 12.6. The number of hydrogen-bond donors (Lipinski definition) is 0. The van der Waals surface area contributed by atoms with Gasteiger partial charge in [-0.3, -0.25) is 4.79 Å². The molecule has 0 fully saturated rings. The summed E-state index contributed by atoms with van der Waals surface area (Å²) in [4.78, 5) is 16.2. The van der Waals surface area contributed by atoms with Crippen LogP contribution < -0.4 is 4.74 Å². The van der Waals surface area contributed by atoms with Crippen molar-refractivity contribution in [2.75, 3.05) is 0 Å². The minimum absolute atomic E-state index is 0.0396. The molecular weight excluding hydrogens is 307 g/mol. The molecule has 0 unspecified atom stereocenters. The molecule has 0 radical (unpaired) electrons. The van der Waals surface area contributed by atoms with Crippen LogP contribution in [-0.4, -0.2) is 16.4 Å². The van der Waals surface area contributed by atoms with E-state index in [4.69, 9.17) is 4.74 Å². The maximum absolute atomic E-state index is 13.1. The van der Waals surface area contributed by atoms with Crippen molar-refractivity contribution in [2.45, 2.75) is 32.0 Å². The van der Waals surface area contributed by atoms with Gasteiger partial charge in [0.1, 0.15) is 5.60 Å². The van der Waals surface area contributed by atoms with Gasteiger partial charge in [-0.25, -0.2) is 4.98 Å². The Kier molecular flexibility index (Phi) is 3.43. The van der Waals surface area contributed by atoms with Gasteiger partial charge in [0.2, 0.25) is 5.88 Å². The summed E-state index contributed by atoms with van der Waals surface area (Å²) in [6.07, 6.45) is -4.27. The van der Waals surface area contributed by atoms with Crippen LogP contribution in [0.2, 0.25) is 0 Å². The number of Topliss-reactive ketones (excluding diaryl/α,β-unsaturated/α-hetero) is 1. The van der Waals surface area contributed by atoms with Gasteiger partial charge in [0.25, 0.3) is 0 Å². The molecule has 1 aliphatic heterocycles. The first-order valence-corrected chi connectivity index (χ1v) is 7.07. The first kappa shape index (κ1) is 15.5. The average molecular weight is 321 g/mol. The molecule has 2 heterocycles. The van der Waals surface area contributed by atoms with Crippen molar-refractivity contribution in [2.24, 2.45) is 0 Å². The summed E-state index contributed by atoms with van der Waals surface area (Å²) in [5, 5.41) is 0. The molecule has 0 aliphatic carbocycles. The second-order valence-electron chi connectivity index (χ2n) is 6.05. The van der Waals surface area contributed by atoms with Crippen molar-refractivity contribution < 1.29 is 22.7 Å². The van der Waals surface area contributed by atoms with Crippen LogP contribution in [0.25, 0.3) is 11.3 Å².